The minimum Gasteiger partial charge on any atom is -0.311 e. The maximum Gasteiger partial charge on any atom is 0.0541 e. The first kappa shape index (κ1) is 36.5. The number of rotatable bonds is 8. The number of para-hydroxylation sites is 6. The van der Waals surface area contributed by atoms with E-state index in [1.165, 1.54) is 65.9 Å². The first-order valence-electron chi connectivity index (χ1n) is 21.6. The van der Waals surface area contributed by atoms with Gasteiger partial charge < -0.3 is 14.0 Å². The Morgan fingerprint density at radius 3 is 0.889 bits per heavy atom. The molecule has 12 rings (SSSR count). The molecule has 0 saturated heterocycles. The summed E-state index contributed by atoms with van der Waals surface area (Å²) < 4.78 is 4.82. The van der Waals surface area contributed by atoms with Crippen molar-refractivity contribution in [3.63, 3.8) is 0 Å². The van der Waals surface area contributed by atoms with Crippen LogP contribution in [0.3, 0.4) is 0 Å². The van der Waals surface area contributed by atoms with Gasteiger partial charge in [0.25, 0.3) is 0 Å². The van der Waals surface area contributed by atoms with Crippen molar-refractivity contribution in [3.05, 3.63) is 249 Å². The zero-order valence-corrected chi connectivity index (χ0v) is 34.5. The average Bonchev–Trinajstić information content (AvgIpc) is 3.88. The first-order valence-corrected chi connectivity index (χ1v) is 21.6. The van der Waals surface area contributed by atoms with Crippen LogP contribution in [0.5, 0.6) is 0 Å². The molecule has 296 valence electrons. The van der Waals surface area contributed by atoms with Crippen molar-refractivity contribution >= 4 is 60.7 Å². The zero-order valence-electron chi connectivity index (χ0n) is 34.5. The molecule has 0 unspecified atom stereocenters. The maximum atomic E-state index is 2.41. The van der Waals surface area contributed by atoms with E-state index in [2.05, 4.69) is 263 Å². The minimum absolute atomic E-state index is 1.08. The Balaban J connectivity index is 0.954. The Kier molecular flexibility index (Phi) is 8.83. The largest absolute Gasteiger partial charge is 0.311 e. The van der Waals surface area contributed by atoms with Crippen molar-refractivity contribution in [2.75, 3.05) is 4.90 Å². The van der Waals surface area contributed by atoms with Gasteiger partial charge in [-0.25, -0.2) is 0 Å². The van der Waals surface area contributed by atoms with E-state index in [0.29, 0.717) is 0 Å². The molecule has 2 heterocycles. The van der Waals surface area contributed by atoms with Gasteiger partial charge in [0.15, 0.2) is 0 Å². The Morgan fingerprint density at radius 2 is 0.508 bits per heavy atom. The molecule has 63 heavy (non-hydrogen) atoms. The van der Waals surface area contributed by atoms with Gasteiger partial charge >= 0.3 is 0 Å². The number of benzene rings is 10. The van der Waals surface area contributed by atoms with Crippen molar-refractivity contribution in [2.45, 2.75) is 0 Å². The van der Waals surface area contributed by atoms with Gasteiger partial charge in [-0.3, -0.25) is 0 Å². The van der Waals surface area contributed by atoms with Gasteiger partial charge in [-0.1, -0.05) is 176 Å². The van der Waals surface area contributed by atoms with Gasteiger partial charge in [-0.15, -0.1) is 0 Å². The second kappa shape index (κ2) is 15.3. The third-order valence-corrected chi connectivity index (χ3v) is 12.6. The zero-order chi connectivity index (χ0) is 41.7. The molecule has 0 saturated carbocycles. The number of hydrogen-bond donors (Lipinski definition) is 0. The SMILES string of the molecule is c1ccc(-c2ccc(N(c3ccc(-c4ccccc4-n4c5ccccc5c5ccccc54)cc3)c3ccc(-c4ccccc4-n4c5ccccc5c5ccccc54)cc3)cc2)cc1. The van der Waals surface area contributed by atoms with Gasteiger partial charge in [0.05, 0.1) is 33.4 Å². The summed E-state index contributed by atoms with van der Waals surface area (Å²) in [5.41, 5.74) is 17.5. The standard InChI is InChI=1S/C60H41N3/c1-2-16-42(17-3-1)43-30-36-46(37-31-43)61(47-38-32-44(33-39-47)49-18-4-10-24-55(49)62-57-26-12-6-20-51(57)52-21-7-13-27-58(52)62)48-40-34-45(35-41-48)50-19-5-11-25-56(50)63-59-28-14-8-22-53(59)54-23-9-15-29-60(54)63/h1-41H. The van der Waals surface area contributed by atoms with Crippen molar-refractivity contribution in [2.24, 2.45) is 0 Å². The smallest absolute Gasteiger partial charge is 0.0541 e. The summed E-state index contributed by atoms with van der Waals surface area (Å²) in [6.45, 7) is 0. The fourth-order valence-electron chi connectivity index (χ4n) is 9.65. The minimum atomic E-state index is 1.08. The van der Waals surface area contributed by atoms with E-state index in [9.17, 15) is 0 Å². The van der Waals surface area contributed by atoms with Crippen molar-refractivity contribution < 1.29 is 0 Å². The van der Waals surface area contributed by atoms with E-state index in [1.54, 1.807) is 0 Å². The highest BCUT2D eigenvalue weighted by atomic mass is 15.1. The van der Waals surface area contributed by atoms with Crippen LogP contribution in [0, 0.1) is 0 Å². The van der Waals surface area contributed by atoms with E-state index in [-0.39, 0.29) is 0 Å². The summed E-state index contributed by atoms with van der Waals surface area (Å²) >= 11 is 0. The van der Waals surface area contributed by atoms with E-state index < -0.39 is 0 Å². The van der Waals surface area contributed by atoms with E-state index in [1.807, 2.05) is 0 Å². The molecule has 0 spiro atoms. The fourth-order valence-corrected chi connectivity index (χ4v) is 9.65. The van der Waals surface area contributed by atoms with Crippen LogP contribution >= 0.6 is 0 Å². The Bertz CT molecular complexity index is 3290. The summed E-state index contributed by atoms with van der Waals surface area (Å²) in [5.74, 6) is 0. The molecule has 0 fully saturated rings. The molecule has 12 aromatic rings. The predicted octanol–water partition coefficient (Wildman–Crippen LogP) is 16.4. The molecule has 0 atom stereocenters. The lowest BCUT2D eigenvalue weighted by molar-refractivity contribution is 1.18. The van der Waals surface area contributed by atoms with Crippen LogP contribution in [0.15, 0.2) is 249 Å². The van der Waals surface area contributed by atoms with Crippen molar-refractivity contribution in [1.82, 2.24) is 9.13 Å². The maximum absolute atomic E-state index is 2.41. The number of fused-ring (bicyclic) bond motifs is 6. The molecule has 0 amide bonds. The third kappa shape index (κ3) is 6.21. The van der Waals surface area contributed by atoms with Gasteiger partial charge in [-0.05, 0) is 95.1 Å². The lowest BCUT2D eigenvalue weighted by Crippen LogP contribution is -2.10. The van der Waals surface area contributed by atoms with Crippen LogP contribution in [-0.2, 0) is 0 Å². The molecule has 0 aliphatic carbocycles. The molecule has 0 radical (unpaired) electrons. The monoisotopic (exact) mass is 803 g/mol. The van der Waals surface area contributed by atoms with Crippen molar-refractivity contribution in [3.8, 4) is 44.8 Å². The molecule has 3 nitrogen and oxygen atoms in total. The van der Waals surface area contributed by atoms with E-state index in [0.717, 1.165) is 39.6 Å². The molecule has 0 bridgehead atoms. The lowest BCUT2D eigenvalue weighted by atomic mass is 10.0. The molecule has 0 aliphatic heterocycles. The fraction of sp³-hybridized carbons (Fsp3) is 0. The molecular formula is C60H41N3. The van der Waals surface area contributed by atoms with Gasteiger partial charge in [-0.2, -0.15) is 0 Å². The Hall–Kier alpha value is -8.40. The topological polar surface area (TPSA) is 13.1 Å². The van der Waals surface area contributed by atoms with Crippen LogP contribution in [0.4, 0.5) is 17.1 Å². The first-order chi connectivity index (χ1) is 31.3. The molecule has 0 aliphatic rings. The second-order valence-corrected chi connectivity index (χ2v) is 16.1. The molecule has 10 aromatic carbocycles. The highest BCUT2D eigenvalue weighted by molar-refractivity contribution is 6.11. The molecule has 0 N–H and O–H groups in total. The molecule has 3 heteroatoms. The van der Waals surface area contributed by atoms with Gasteiger partial charge in [0.2, 0.25) is 0 Å². The summed E-state index contributed by atoms with van der Waals surface area (Å²) in [4.78, 5) is 2.36. The second-order valence-electron chi connectivity index (χ2n) is 16.1. The number of nitrogens with zero attached hydrogens (tertiary/aromatic N) is 3. The van der Waals surface area contributed by atoms with Gasteiger partial charge in [0, 0.05) is 49.7 Å². The highest BCUT2D eigenvalue weighted by Gasteiger charge is 2.19. The van der Waals surface area contributed by atoms with Crippen LogP contribution in [0.2, 0.25) is 0 Å². The number of hydrogen-bond acceptors (Lipinski definition) is 1. The quantitative estimate of drug-likeness (QED) is 0.149. The highest BCUT2D eigenvalue weighted by Crippen LogP contribution is 2.41. The van der Waals surface area contributed by atoms with Crippen LogP contribution in [0.25, 0.3) is 88.4 Å². The summed E-state index contributed by atoms with van der Waals surface area (Å²) in [6, 6.07) is 90.0. The third-order valence-electron chi connectivity index (χ3n) is 12.6. The average molecular weight is 804 g/mol. The van der Waals surface area contributed by atoms with E-state index >= 15 is 0 Å². The Labute approximate surface area is 366 Å². The van der Waals surface area contributed by atoms with Crippen LogP contribution in [0.1, 0.15) is 0 Å². The molecule has 2 aromatic heterocycles. The molecular weight excluding hydrogens is 763 g/mol. The number of anilines is 3. The summed E-state index contributed by atoms with van der Waals surface area (Å²) in [6.07, 6.45) is 0. The van der Waals surface area contributed by atoms with Crippen LogP contribution in [-0.4, -0.2) is 9.13 Å². The van der Waals surface area contributed by atoms with Crippen molar-refractivity contribution in [1.29, 1.82) is 0 Å². The summed E-state index contributed by atoms with van der Waals surface area (Å²) in [5, 5.41) is 5.03. The predicted molar refractivity (Wildman–Crippen MR) is 266 cm³/mol. The lowest BCUT2D eigenvalue weighted by Gasteiger charge is -2.26. The van der Waals surface area contributed by atoms with Crippen LogP contribution < -0.4 is 4.90 Å². The normalized spacial score (nSPS) is 11.5. The number of aromatic nitrogens is 2. The Morgan fingerprint density at radius 1 is 0.222 bits per heavy atom. The van der Waals surface area contributed by atoms with Gasteiger partial charge in [0.1, 0.15) is 0 Å². The summed E-state index contributed by atoms with van der Waals surface area (Å²) in [7, 11) is 0. The van der Waals surface area contributed by atoms with E-state index in [4.69, 9.17) is 0 Å².